The smallest absolute Gasteiger partial charge is 0.266 e. The summed E-state index contributed by atoms with van der Waals surface area (Å²) in [6.07, 6.45) is 1.02. The van der Waals surface area contributed by atoms with Crippen molar-refractivity contribution in [2.45, 2.75) is 39.8 Å². The zero-order chi connectivity index (χ0) is 11.4. The van der Waals surface area contributed by atoms with Crippen LogP contribution in [-0.2, 0) is 6.54 Å². The quantitative estimate of drug-likeness (QED) is 0.802. The maximum absolute atomic E-state index is 11.5. The topological polar surface area (TPSA) is 60.9 Å². The molecule has 0 radical (unpaired) electrons. The molecule has 0 fully saturated rings. The third kappa shape index (κ3) is 3.16. The van der Waals surface area contributed by atoms with Crippen LogP contribution in [0.25, 0.3) is 0 Å². The van der Waals surface area contributed by atoms with Crippen molar-refractivity contribution in [1.82, 2.24) is 9.78 Å². The highest BCUT2D eigenvalue weighted by atomic mass is 16.1. The van der Waals surface area contributed by atoms with Crippen molar-refractivity contribution >= 4 is 0 Å². The van der Waals surface area contributed by atoms with E-state index in [1.54, 1.807) is 6.07 Å². The lowest BCUT2D eigenvalue weighted by Crippen LogP contribution is -2.37. The highest BCUT2D eigenvalue weighted by molar-refractivity contribution is 4.97. The van der Waals surface area contributed by atoms with Crippen LogP contribution in [0.3, 0.4) is 0 Å². The minimum absolute atomic E-state index is 0.0120. The largest absolute Gasteiger partial charge is 0.326 e. The predicted octanol–water partition coefficient (Wildman–Crippen LogP) is 0.925. The van der Waals surface area contributed by atoms with Gasteiger partial charge in [0.15, 0.2) is 0 Å². The van der Waals surface area contributed by atoms with E-state index in [2.05, 4.69) is 18.9 Å². The van der Waals surface area contributed by atoms with E-state index in [0.29, 0.717) is 12.5 Å². The molecule has 4 heteroatoms. The van der Waals surface area contributed by atoms with Crippen molar-refractivity contribution < 1.29 is 0 Å². The molecule has 0 aromatic carbocycles. The highest BCUT2D eigenvalue weighted by Crippen LogP contribution is 2.06. The van der Waals surface area contributed by atoms with Gasteiger partial charge < -0.3 is 5.73 Å². The molecular weight excluding hydrogens is 190 g/mol. The van der Waals surface area contributed by atoms with Crippen molar-refractivity contribution in [1.29, 1.82) is 0 Å². The second-order valence-corrected chi connectivity index (χ2v) is 4.04. The van der Waals surface area contributed by atoms with Gasteiger partial charge in [0.05, 0.1) is 12.2 Å². The van der Waals surface area contributed by atoms with Gasteiger partial charge in [0.25, 0.3) is 5.56 Å². The van der Waals surface area contributed by atoms with Gasteiger partial charge in [-0.25, -0.2) is 4.68 Å². The van der Waals surface area contributed by atoms with Crippen molar-refractivity contribution in [3.63, 3.8) is 0 Å². The van der Waals surface area contributed by atoms with Gasteiger partial charge >= 0.3 is 0 Å². The molecule has 2 N–H and O–H groups in total. The van der Waals surface area contributed by atoms with E-state index in [4.69, 9.17) is 5.73 Å². The first-order valence-electron chi connectivity index (χ1n) is 5.35. The van der Waals surface area contributed by atoms with Crippen LogP contribution < -0.4 is 11.3 Å². The van der Waals surface area contributed by atoms with Crippen LogP contribution in [0.2, 0.25) is 0 Å². The van der Waals surface area contributed by atoms with Crippen LogP contribution in [0.4, 0.5) is 0 Å². The molecule has 2 atom stereocenters. The molecule has 0 aliphatic heterocycles. The molecule has 0 saturated heterocycles. The summed E-state index contributed by atoms with van der Waals surface area (Å²) in [7, 11) is 0. The summed E-state index contributed by atoms with van der Waals surface area (Å²) in [5.74, 6) is 0.402. The van der Waals surface area contributed by atoms with Crippen LogP contribution in [0.5, 0.6) is 0 Å². The Hall–Kier alpha value is -1.16. The second-order valence-electron chi connectivity index (χ2n) is 4.04. The third-order valence-electron chi connectivity index (χ3n) is 2.76. The summed E-state index contributed by atoms with van der Waals surface area (Å²) in [5, 5.41) is 4.15. The number of rotatable bonds is 4. The zero-order valence-corrected chi connectivity index (χ0v) is 9.60. The molecule has 1 aromatic heterocycles. The Morgan fingerprint density at radius 3 is 2.80 bits per heavy atom. The normalized spacial score (nSPS) is 14.9. The molecule has 0 bridgehead atoms. The first-order chi connectivity index (χ1) is 7.04. The van der Waals surface area contributed by atoms with E-state index in [-0.39, 0.29) is 11.6 Å². The first kappa shape index (κ1) is 11.9. The number of nitrogens with zero attached hydrogens (tertiary/aromatic N) is 2. The minimum Gasteiger partial charge on any atom is -0.326 e. The van der Waals surface area contributed by atoms with Gasteiger partial charge in [-0.2, -0.15) is 5.10 Å². The average molecular weight is 209 g/mol. The Morgan fingerprint density at radius 1 is 1.53 bits per heavy atom. The van der Waals surface area contributed by atoms with Gasteiger partial charge in [0.2, 0.25) is 0 Å². The molecule has 4 nitrogen and oxygen atoms in total. The maximum Gasteiger partial charge on any atom is 0.266 e. The molecule has 0 spiro atoms. The fourth-order valence-corrected chi connectivity index (χ4v) is 1.36. The fourth-order valence-electron chi connectivity index (χ4n) is 1.36. The van der Waals surface area contributed by atoms with Gasteiger partial charge in [-0.15, -0.1) is 0 Å². The van der Waals surface area contributed by atoms with Crippen LogP contribution >= 0.6 is 0 Å². The number of aromatic nitrogens is 2. The predicted molar refractivity (Wildman–Crippen MR) is 60.7 cm³/mol. The third-order valence-corrected chi connectivity index (χ3v) is 2.76. The summed E-state index contributed by atoms with van der Waals surface area (Å²) in [6, 6.07) is 3.24. The van der Waals surface area contributed by atoms with Gasteiger partial charge in [0.1, 0.15) is 0 Å². The number of nitrogens with two attached hydrogens (primary N) is 1. The number of hydrogen-bond donors (Lipinski definition) is 1. The second kappa shape index (κ2) is 5.07. The molecule has 1 heterocycles. The Labute approximate surface area is 90.1 Å². The lowest BCUT2D eigenvalue weighted by atomic mass is 10.0. The summed E-state index contributed by atoms with van der Waals surface area (Å²) in [4.78, 5) is 11.5. The molecule has 15 heavy (non-hydrogen) atoms. The zero-order valence-electron chi connectivity index (χ0n) is 9.60. The summed E-state index contributed by atoms with van der Waals surface area (Å²) >= 11 is 0. The molecule has 84 valence electrons. The summed E-state index contributed by atoms with van der Waals surface area (Å²) in [5.41, 5.74) is 6.73. The molecule has 0 aliphatic rings. The standard InChI is InChI=1S/C11H19N3O/c1-4-8(2)10(12)7-14-11(15)6-5-9(3)13-14/h5-6,8,10H,4,7,12H2,1-3H3. The van der Waals surface area contributed by atoms with Crippen molar-refractivity contribution in [3.8, 4) is 0 Å². The summed E-state index contributed by atoms with van der Waals surface area (Å²) in [6.45, 7) is 6.54. The molecule has 0 saturated carbocycles. The number of aryl methyl sites for hydroxylation is 1. The number of hydrogen-bond acceptors (Lipinski definition) is 3. The lowest BCUT2D eigenvalue weighted by Gasteiger charge is -2.18. The SMILES string of the molecule is CCC(C)C(N)Cn1nc(C)ccc1=O. The Balaban J connectivity index is 2.80. The Kier molecular flexibility index (Phi) is 4.03. The molecule has 0 aliphatic carbocycles. The van der Waals surface area contributed by atoms with Gasteiger partial charge in [-0.05, 0) is 18.9 Å². The van der Waals surface area contributed by atoms with Crippen LogP contribution in [0, 0.1) is 12.8 Å². The van der Waals surface area contributed by atoms with E-state index >= 15 is 0 Å². The van der Waals surface area contributed by atoms with Gasteiger partial charge in [-0.1, -0.05) is 20.3 Å². The lowest BCUT2D eigenvalue weighted by molar-refractivity contribution is 0.372. The minimum atomic E-state index is -0.0839. The molecule has 2 unspecified atom stereocenters. The summed E-state index contributed by atoms with van der Waals surface area (Å²) < 4.78 is 1.45. The van der Waals surface area contributed by atoms with Crippen molar-refractivity contribution in [3.05, 3.63) is 28.2 Å². The van der Waals surface area contributed by atoms with Crippen molar-refractivity contribution in [2.75, 3.05) is 0 Å². The Bertz CT molecular complexity index is 372. The van der Waals surface area contributed by atoms with Crippen LogP contribution in [0.1, 0.15) is 26.0 Å². The van der Waals surface area contributed by atoms with Crippen LogP contribution in [-0.4, -0.2) is 15.8 Å². The van der Waals surface area contributed by atoms with Gasteiger partial charge in [0, 0.05) is 12.1 Å². The average Bonchev–Trinajstić information content (AvgIpc) is 2.22. The van der Waals surface area contributed by atoms with E-state index in [9.17, 15) is 4.79 Å². The van der Waals surface area contributed by atoms with E-state index in [1.165, 1.54) is 10.7 Å². The first-order valence-corrected chi connectivity index (χ1v) is 5.35. The molecular formula is C11H19N3O. The van der Waals surface area contributed by atoms with E-state index in [0.717, 1.165) is 12.1 Å². The van der Waals surface area contributed by atoms with Crippen LogP contribution in [0.15, 0.2) is 16.9 Å². The maximum atomic E-state index is 11.5. The molecule has 0 amide bonds. The van der Waals surface area contributed by atoms with E-state index in [1.807, 2.05) is 6.92 Å². The Morgan fingerprint density at radius 2 is 2.20 bits per heavy atom. The monoisotopic (exact) mass is 209 g/mol. The van der Waals surface area contributed by atoms with Gasteiger partial charge in [-0.3, -0.25) is 4.79 Å². The molecule has 1 rings (SSSR count). The van der Waals surface area contributed by atoms with E-state index < -0.39 is 0 Å². The highest BCUT2D eigenvalue weighted by Gasteiger charge is 2.12. The van der Waals surface area contributed by atoms with Crippen molar-refractivity contribution in [2.24, 2.45) is 11.7 Å². The fraction of sp³-hybridized carbons (Fsp3) is 0.636. The molecule has 1 aromatic rings.